The standard InChI is InChI=1S/C23H30F2N2O4/c1-3-29-21(28)16-27-13-11-23(26-2,12-14-27)17-9-10-19(31-22(24)25)20(15-17)30-18-7-5-4-6-8-18/h9-10,15,18,22H,3-8,11-14,16H2,1H3. The molecule has 2 fully saturated rings. The first kappa shape index (κ1) is 23.3. The number of esters is 1. The minimum Gasteiger partial charge on any atom is -0.487 e. The molecule has 1 aromatic rings. The van der Waals surface area contributed by atoms with Crippen LogP contribution in [-0.4, -0.2) is 49.8 Å². The Kier molecular flexibility index (Phi) is 8.08. The molecule has 1 heterocycles. The fourth-order valence-corrected chi connectivity index (χ4v) is 4.38. The molecule has 0 radical (unpaired) electrons. The monoisotopic (exact) mass is 436 g/mol. The Morgan fingerprint density at radius 3 is 2.55 bits per heavy atom. The summed E-state index contributed by atoms with van der Waals surface area (Å²) < 4.78 is 41.6. The summed E-state index contributed by atoms with van der Waals surface area (Å²) in [5.41, 5.74) is -0.0372. The molecule has 0 unspecified atom stereocenters. The van der Waals surface area contributed by atoms with Crippen molar-refractivity contribution in [1.82, 2.24) is 4.90 Å². The van der Waals surface area contributed by atoms with Crippen LogP contribution in [-0.2, 0) is 15.1 Å². The minimum atomic E-state index is -2.94. The van der Waals surface area contributed by atoms with Crippen molar-refractivity contribution in [3.8, 4) is 11.5 Å². The van der Waals surface area contributed by atoms with Crippen LogP contribution in [0.5, 0.6) is 11.5 Å². The zero-order chi connectivity index (χ0) is 22.3. The SMILES string of the molecule is [C-]#[N+]C1(c2ccc(OC(F)F)c(OC3CCCCC3)c2)CCN(CC(=O)OCC)CC1. The number of carbonyl (C=O) groups is 1. The summed E-state index contributed by atoms with van der Waals surface area (Å²) in [6, 6.07) is 4.87. The van der Waals surface area contributed by atoms with Crippen LogP contribution < -0.4 is 9.47 Å². The van der Waals surface area contributed by atoms with E-state index >= 15 is 0 Å². The maximum absolute atomic E-state index is 12.9. The van der Waals surface area contributed by atoms with Gasteiger partial charge < -0.3 is 19.1 Å². The fourth-order valence-electron chi connectivity index (χ4n) is 4.38. The van der Waals surface area contributed by atoms with Crippen LogP contribution in [0.3, 0.4) is 0 Å². The summed E-state index contributed by atoms with van der Waals surface area (Å²) in [6.45, 7) is 8.40. The normalized spacial score (nSPS) is 19.6. The molecule has 3 rings (SSSR count). The van der Waals surface area contributed by atoms with Crippen LogP contribution >= 0.6 is 0 Å². The molecule has 6 nitrogen and oxygen atoms in total. The molecule has 170 valence electrons. The lowest BCUT2D eigenvalue weighted by Crippen LogP contribution is -2.43. The number of benzene rings is 1. The molecule has 0 N–H and O–H groups in total. The number of rotatable bonds is 8. The molecular formula is C23H30F2N2O4. The Morgan fingerprint density at radius 2 is 1.94 bits per heavy atom. The molecule has 0 spiro atoms. The van der Waals surface area contributed by atoms with Gasteiger partial charge >= 0.3 is 12.6 Å². The predicted octanol–water partition coefficient (Wildman–Crippen LogP) is 4.77. The maximum Gasteiger partial charge on any atom is 0.387 e. The predicted molar refractivity (Wildman–Crippen MR) is 111 cm³/mol. The quantitative estimate of drug-likeness (QED) is 0.434. The van der Waals surface area contributed by atoms with Crippen LogP contribution in [0.1, 0.15) is 57.4 Å². The second-order valence-electron chi connectivity index (χ2n) is 8.14. The molecule has 8 heteroatoms. The third kappa shape index (κ3) is 6.07. The summed E-state index contributed by atoms with van der Waals surface area (Å²) in [5.74, 6) is 0.0142. The third-order valence-electron chi connectivity index (χ3n) is 6.10. The van der Waals surface area contributed by atoms with Gasteiger partial charge in [-0.2, -0.15) is 8.78 Å². The number of alkyl halides is 2. The highest BCUT2D eigenvalue weighted by Crippen LogP contribution is 2.42. The van der Waals surface area contributed by atoms with Gasteiger partial charge in [-0.15, -0.1) is 0 Å². The minimum absolute atomic E-state index is 0.00389. The van der Waals surface area contributed by atoms with Gasteiger partial charge in [-0.3, -0.25) is 9.69 Å². The van der Waals surface area contributed by atoms with Crippen molar-refractivity contribution in [2.45, 2.75) is 70.1 Å². The molecule has 1 aliphatic carbocycles. The molecule has 0 aromatic heterocycles. The number of piperidine rings is 1. The Hall–Kier alpha value is -2.40. The van der Waals surface area contributed by atoms with E-state index in [1.54, 1.807) is 19.1 Å². The van der Waals surface area contributed by atoms with Gasteiger partial charge in [-0.25, -0.2) is 6.57 Å². The van der Waals surface area contributed by atoms with Gasteiger partial charge in [0.05, 0.1) is 19.3 Å². The maximum atomic E-state index is 12.9. The van der Waals surface area contributed by atoms with Crippen molar-refractivity contribution in [2.75, 3.05) is 26.2 Å². The van der Waals surface area contributed by atoms with E-state index in [2.05, 4.69) is 9.58 Å². The van der Waals surface area contributed by atoms with E-state index in [9.17, 15) is 13.6 Å². The molecule has 2 aliphatic rings. The molecule has 1 aromatic carbocycles. The molecule has 0 amide bonds. The highest BCUT2D eigenvalue weighted by molar-refractivity contribution is 5.71. The van der Waals surface area contributed by atoms with Crippen molar-refractivity contribution in [3.05, 3.63) is 35.2 Å². The molecule has 31 heavy (non-hydrogen) atoms. The Bertz CT molecular complexity index is 782. The van der Waals surface area contributed by atoms with Gasteiger partial charge in [-0.1, -0.05) is 6.42 Å². The molecule has 1 saturated carbocycles. The van der Waals surface area contributed by atoms with Crippen LogP contribution in [0.4, 0.5) is 8.78 Å². The van der Waals surface area contributed by atoms with E-state index in [-0.39, 0.29) is 30.1 Å². The van der Waals surface area contributed by atoms with Crippen LogP contribution in [0.25, 0.3) is 4.85 Å². The number of hydrogen-bond acceptors (Lipinski definition) is 5. The number of ether oxygens (including phenoxy) is 3. The number of halogens is 2. The van der Waals surface area contributed by atoms with Gasteiger partial charge in [0, 0.05) is 31.5 Å². The topological polar surface area (TPSA) is 52.4 Å². The van der Waals surface area contributed by atoms with Gasteiger partial charge in [0.2, 0.25) is 0 Å². The first-order valence-corrected chi connectivity index (χ1v) is 11.0. The molecule has 1 saturated heterocycles. The number of carbonyl (C=O) groups excluding carboxylic acids is 1. The number of nitrogens with zero attached hydrogens (tertiary/aromatic N) is 2. The van der Waals surface area contributed by atoms with Gasteiger partial charge in [0.1, 0.15) is 0 Å². The van der Waals surface area contributed by atoms with Gasteiger partial charge in [0.15, 0.2) is 11.5 Å². The number of hydrogen-bond donors (Lipinski definition) is 0. The van der Waals surface area contributed by atoms with Crippen LogP contribution in [0, 0.1) is 6.57 Å². The average molecular weight is 436 g/mol. The van der Waals surface area contributed by atoms with Crippen molar-refractivity contribution < 1.29 is 27.8 Å². The lowest BCUT2D eigenvalue weighted by molar-refractivity contribution is -0.144. The summed E-state index contributed by atoms with van der Waals surface area (Å²) in [5, 5.41) is 0. The second-order valence-corrected chi connectivity index (χ2v) is 8.14. The summed E-state index contributed by atoms with van der Waals surface area (Å²) in [7, 11) is 0. The Balaban J connectivity index is 1.77. The van der Waals surface area contributed by atoms with E-state index in [4.69, 9.17) is 16.0 Å². The highest BCUT2D eigenvalue weighted by atomic mass is 19.3. The fraction of sp³-hybridized carbons (Fsp3) is 0.652. The molecule has 0 atom stereocenters. The van der Waals surface area contributed by atoms with E-state index in [0.29, 0.717) is 32.5 Å². The van der Waals surface area contributed by atoms with E-state index in [1.165, 1.54) is 6.07 Å². The van der Waals surface area contributed by atoms with Gasteiger partial charge in [0.25, 0.3) is 5.54 Å². The average Bonchev–Trinajstić information content (AvgIpc) is 2.76. The summed E-state index contributed by atoms with van der Waals surface area (Å²) >= 11 is 0. The number of likely N-dealkylation sites (tertiary alicyclic amines) is 1. The van der Waals surface area contributed by atoms with E-state index < -0.39 is 12.2 Å². The largest absolute Gasteiger partial charge is 0.487 e. The second kappa shape index (κ2) is 10.8. The first-order chi connectivity index (χ1) is 15.0. The smallest absolute Gasteiger partial charge is 0.387 e. The molecular weight excluding hydrogens is 406 g/mol. The van der Waals surface area contributed by atoms with Crippen molar-refractivity contribution in [3.63, 3.8) is 0 Å². The zero-order valence-electron chi connectivity index (χ0n) is 17.9. The van der Waals surface area contributed by atoms with Crippen molar-refractivity contribution in [2.24, 2.45) is 0 Å². The molecule has 1 aliphatic heterocycles. The molecule has 0 bridgehead atoms. The lowest BCUT2D eigenvalue weighted by Gasteiger charge is -2.34. The summed E-state index contributed by atoms with van der Waals surface area (Å²) in [6.07, 6.45) is 6.07. The van der Waals surface area contributed by atoms with Gasteiger partial charge in [-0.05, 0) is 50.8 Å². The lowest BCUT2D eigenvalue weighted by atomic mass is 9.81. The third-order valence-corrected chi connectivity index (χ3v) is 6.10. The first-order valence-electron chi connectivity index (χ1n) is 11.0. The zero-order valence-corrected chi connectivity index (χ0v) is 17.9. The Labute approximate surface area is 182 Å². The summed E-state index contributed by atoms with van der Waals surface area (Å²) in [4.78, 5) is 17.7. The highest BCUT2D eigenvalue weighted by Gasteiger charge is 2.43. The van der Waals surface area contributed by atoms with E-state index in [0.717, 1.165) is 37.7 Å². The Morgan fingerprint density at radius 1 is 1.23 bits per heavy atom. The van der Waals surface area contributed by atoms with Crippen molar-refractivity contribution >= 4 is 5.97 Å². The van der Waals surface area contributed by atoms with Crippen LogP contribution in [0.2, 0.25) is 0 Å². The van der Waals surface area contributed by atoms with Crippen LogP contribution in [0.15, 0.2) is 18.2 Å². The van der Waals surface area contributed by atoms with E-state index in [1.807, 2.05) is 4.90 Å². The van der Waals surface area contributed by atoms with Crippen molar-refractivity contribution in [1.29, 1.82) is 0 Å².